The largest absolute Gasteiger partial charge is 0.392 e. The Kier molecular flexibility index (Phi) is 2.84. The lowest BCUT2D eigenvalue weighted by atomic mass is 9.88. The Bertz CT molecular complexity index is 636. The zero-order valence-electron chi connectivity index (χ0n) is 10.4. The van der Waals surface area contributed by atoms with E-state index in [1.54, 1.807) is 12.1 Å². The molecule has 0 fully saturated rings. The van der Waals surface area contributed by atoms with E-state index >= 15 is 0 Å². The first-order valence-corrected chi connectivity index (χ1v) is 6.33. The number of hydrogen-bond donors (Lipinski definition) is 2. The van der Waals surface area contributed by atoms with Crippen LogP contribution in [-0.2, 0) is 6.42 Å². The van der Waals surface area contributed by atoms with Crippen molar-refractivity contribution in [1.29, 1.82) is 0 Å². The van der Waals surface area contributed by atoms with Gasteiger partial charge in [-0.1, -0.05) is 42.5 Å². The summed E-state index contributed by atoms with van der Waals surface area (Å²) in [6.07, 6.45) is 0.117. The van der Waals surface area contributed by atoms with Gasteiger partial charge in [-0.2, -0.15) is 0 Å². The van der Waals surface area contributed by atoms with Crippen molar-refractivity contribution in [2.75, 3.05) is 0 Å². The van der Waals surface area contributed by atoms with Crippen LogP contribution in [0.4, 0.5) is 0 Å². The molecule has 2 atom stereocenters. The molecule has 0 heterocycles. The Morgan fingerprint density at radius 1 is 1.05 bits per heavy atom. The van der Waals surface area contributed by atoms with Crippen LogP contribution in [0.25, 0.3) is 0 Å². The zero-order chi connectivity index (χ0) is 13.4. The van der Waals surface area contributed by atoms with Gasteiger partial charge in [0, 0.05) is 11.5 Å². The molecule has 1 amide bonds. The third-order valence-corrected chi connectivity index (χ3v) is 3.77. The summed E-state index contributed by atoms with van der Waals surface area (Å²) in [5.41, 5.74) is 8.95. The second-order valence-electron chi connectivity index (χ2n) is 4.90. The lowest BCUT2D eigenvalue weighted by Crippen LogP contribution is -2.20. The predicted molar refractivity (Wildman–Crippen MR) is 73.0 cm³/mol. The maximum absolute atomic E-state index is 11.5. The van der Waals surface area contributed by atoms with Crippen LogP contribution in [0.5, 0.6) is 0 Å². The molecule has 1 aliphatic rings. The normalized spacial score (nSPS) is 21.1. The molecule has 0 radical (unpaired) electrons. The van der Waals surface area contributed by atoms with Gasteiger partial charge in [-0.15, -0.1) is 0 Å². The van der Waals surface area contributed by atoms with Gasteiger partial charge < -0.3 is 10.8 Å². The topological polar surface area (TPSA) is 63.3 Å². The average Bonchev–Trinajstić information content (AvgIpc) is 2.74. The van der Waals surface area contributed by atoms with E-state index in [-0.39, 0.29) is 5.92 Å². The molecule has 3 nitrogen and oxygen atoms in total. The number of carbonyl (C=O) groups excluding carboxylic acids is 1. The zero-order valence-corrected chi connectivity index (χ0v) is 10.4. The van der Waals surface area contributed by atoms with Crippen molar-refractivity contribution in [2.24, 2.45) is 5.73 Å². The highest BCUT2D eigenvalue weighted by Crippen LogP contribution is 2.39. The van der Waals surface area contributed by atoms with E-state index in [1.165, 1.54) is 0 Å². The fourth-order valence-electron chi connectivity index (χ4n) is 2.94. The second kappa shape index (κ2) is 4.52. The van der Waals surface area contributed by atoms with Crippen LogP contribution >= 0.6 is 0 Å². The van der Waals surface area contributed by atoms with E-state index < -0.39 is 12.0 Å². The average molecular weight is 253 g/mol. The summed E-state index contributed by atoms with van der Waals surface area (Å²) in [4.78, 5) is 11.5. The Morgan fingerprint density at radius 3 is 2.42 bits per heavy atom. The van der Waals surface area contributed by atoms with Crippen molar-refractivity contribution in [3.8, 4) is 0 Å². The van der Waals surface area contributed by atoms with Gasteiger partial charge in [-0.25, -0.2) is 0 Å². The molecule has 96 valence electrons. The Balaban J connectivity index is 2.15. The van der Waals surface area contributed by atoms with Crippen molar-refractivity contribution < 1.29 is 9.90 Å². The number of primary amides is 1. The van der Waals surface area contributed by atoms with Gasteiger partial charge in [0.2, 0.25) is 5.91 Å². The molecular weight excluding hydrogens is 238 g/mol. The Labute approximate surface area is 111 Å². The van der Waals surface area contributed by atoms with Crippen LogP contribution in [0.3, 0.4) is 0 Å². The van der Waals surface area contributed by atoms with Crippen molar-refractivity contribution in [3.63, 3.8) is 0 Å². The fourth-order valence-corrected chi connectivity index (χ4v) is 2.94. The van der Waals surface area contributed by atoms with Gasteiger partial charge >= 0.3 is 0 Å². The Hall–Kier alpha value is -2.13. The predicted octanol–water partition coefficient (Wildman–Crippen LogP) is 1.83. The van der Waals surface area contributed by atoms with Crippen molar-refractivity contribution >= 4 is 5.91 Å². The quantitative estimate of drug-likeness (QED) is 0.857. The molecule has 0 bridgehead atoms. The number of rotatable bonds is 2. The molecule has 0 aromatic heterocycles. The summed E-state index contributed by atoms with van der Waals surface area (Å²) in [5.74, 6) is -0.618. The van der Waals surface area contributed by atoms with Gasteiger partial charge in [0.25, 0.3) is 0 Å². The lowest BCUT2D eigenvalue weighted by molar-refractivity contribution is 0.0998. The van der Waals surface area contributed by atoms with Crippen LogP contribution < -0.4 is 5.73 Å². The molecule has 0 spiro atoms. The molecular formula is C16H15NO2. The third-order valence-electron chi connectivity index (χ3n) is 3.77. The summed E-state index contributed by atoms with van der Waals surface area (Å²) >= 11 is 0. The maximum Gasteiger partial charge on any atom is 0.249 e. The van der Waals surface area contributed by atoms with Gasteiger partial charge in [0.15, 0.2) is 0 Å². The Morgan fingerprint density at radius 2 is 1.68 bits per heavy atom. The van der Waals surface area contributed by atoms with Crippen LogP contribution in [0.2, 0.25) is 0 Å². The first-order chi connectivity index (χ1) is 9.18. The van der Waals surface area contributed by atoms with Crippen LogP contribution in [0, 0.1) is 0 Å². The molecule has 0 aliphatic heterocycles. The summed E-state index contributed by atoms with van der Waals surface area (Å²) in [7, 11) is 0. The maximum atomic E-state index is 11.5. The van der Waals surface area contributed by atoms with Crippen LogP contribution in [0.15, 0.2) is 48.5 Å². The summed E-state index contributed by atoms with van der Waals surface area (Å²) in [6, 6.07) is 15.2. The highest BCUT2D eigenvalue weighted by molar-refractivity contribution is 5.94. The third kappa shape index (κ3) is 1.92. The molecule has 0 unspecified atom stereocenters. The number of fused-ring (bicyclic) bond motifs is 1. The van der Waals surface area contributed by atoms with E-state index in [1.807, 2.05) is 36.4 Å². The molecule has 3 heteroatoms. The number of nitrogens with two attached hydrogens (primary N) is 1. The minimum atomic E-state index is -0.502. The number of benzene rings is 2. The summed E-state index contributed by atoms with van der Waals surface area (Å²) < 4.78 is 0. The molecule has 3 rings (SSSR count). The van der Waals surface area contributed by atoms with Crippen LogP contribution in [-0.4, -0.2) is 17.1 Å². The standard InChI is InChI=1S/C16H15NO2/c17-16(19)13-8-4-3-7-12(13)15-11-6-2-1-5-10(11)9-14(15)18/h1-8,14-15,18H,9H2,(H2,17,19)/t14-,15+/m0/s1. The van der Waals surface area contributed by atoms with Crippen LogP contribution in [0.1, 0.15) is 33.0 Å². The van der Waals surface area contributed by atoms with E-state index in [9.17, 15) is 9.90 Å². The molecule has 1 aliphatic carbocycles. The van der Waals surface area contributed by atoms with E-state index in [4.69, 9.17) is 5.73 Å². The molecule has 2 aromatic carbocycles. The van der Waals surface area contributed by atoms with Gasteiger partial charge in [0.05, 0.1) is 6.10 Å². The lowest BCUT2D eigenvalue weighted by Gasteiger charge is -2.18. The molecule has 2 aromatic rings. The fraction of sp³-hybridized carbons (Fsp3) is 0.188. The van der Waals surface area contributed by atoms with Crippen molar-refractivity contribution in [3.05, 3.63) is 70.8 Å². The van der Waals surface area contributed by atoms with E-state index in [0.29, 0.717) is 12.0 Å². The molecule has 3 N–H and O–H groups in total. The van der Waals surface area contributed by atoms with Gasteiger partial charge in [-0.3, -0.25) is 4.79 Å². The summed E-state index contributed by atoms with van der Waals surface area (Å²) in [5, 5.41) is 10.3. The van der Waals surface area contributed by atoms with Gasteiger partial charge in [-0.05, 0) is 29.2 Å². The number of aliphatic hydroxyl groups excluding tert-OH is 1. The first kappa shape index (κ1) is 11.9. The van der Waals surface area contributed by atoms with Gasteiger partial charge in [0.1, 0.15) is 0 Å². The second-order valence-corrected chi connectivity index (χ2v) is 4.90. The van der Waals surface area contributed by atoms with E-state index in [2.05, 4.69) is 0 Å². The smallest absolute Gasteiger partial charge is 0.249 e. The highest BCUT2D eigenvalue weighted by Gasteiger charge is 2.33. The molecule has 0 saturated heterocycles. The minimum Gasteiger partial charge on any atom is -0.392 e. The number of hydrogen-bond acceptors (Lipinski definition) is 2. The van der Waals surface area contributed by atoms with Crippen molar-refractivity contribution in [2.45, 2.75) is 18.4 Å². The number of amides is 1. The minimum absolute atomic E-state index is 0.167. The SMILES string of the molecule is NC(=O)c1ccccc1[C@H]1c2ccccc2C[C@@H]1O. The number of carbonyl (C=O) groups is 1. The van der Waals surface area contributed by atoms with Crippen molar-refractivity contribution in [1.82, 2.24) is 0 Å². The van der Waals surface area contributed by atoms with E-state index in [0.717, 1.165) is 16.7 Å². The molecule has 19 heavy (non-hydrogen) atoms. The monoisotopic (exact) mass is 253 g/mol. The molecule has 0 saturated carbocycles. The first-order valence-electron chi connectivity index (χ1n) is 6.33. The number of aliphatic hydroxyl groups is 1. The highest BCUT2D eigenvalue weighted by atomic mass is 16.3. The summed E-state index contributed by atoms with van der Waals surface area (Å²) in [6.45, 7) is 0.